The van der Waals surface area contributed by atoms with Crippen LogP contribution in [0.5, 0.6) is 0 Å². The van der Waals surface area contributed by atoms with Gasteiger partial charge in [0.2, 0.25) is 11.8 Å². The van der Waals surface area contributed by atoms with E-state index in [4.69, 9.17) is 23.2 Å². The number of benzene rings is 2. The number of nitrogens with zero attached hydrogens (tertiary/aromatic N) is 3. The quantitative estimate of drug-likeness (QED) is 0.564. The first-order chi connectivity index (χ1) is 16.0. The highest BCUT2D eigenvalue weighted by atomic mass is 35.5. The summed E-state index contributed by atoms with van der Waals surface area (Å²) in [6, 6.07) is 13.9. The predicted octanol–water partition coefficient (Wildman–Crippen LogP) is 2.98. The lowest BCUT2D eigenvalue weighted by molar-refractivity contribution is -0.147. The van der Waals surface area contributed by atoms with E-state index in [0.29, 0.717) is 36.0 Å². The Morgan fingerprint density at radius 1 is 1.06 bits per heavy atom. The number of aromatic nitrogens is 2. The molecule has 170 valence electrons. The van der Waals surface area contributed by atoms with E-state index in [2.05, 4.69) is 15.7 Å². The molecule has 0 unspecified atom stereocenters. The summed E-state index contributed by atoms with van der Waals surface area (Å²) >= 11 is 12.0. The lowest BCUT2D eigenvalue weighted by Crippen LogP contribution is -2.61. The van der Waals surface area contributed by atoms with Crippen molar-refractivity contribution in [2.24, 2.45) is 0 Å². The number of hydrogen-bond donors (Lipinski definition) is 2. The standard InChI is InChI=1S/C24H23Cl2N5O2/c25-17-6-4-15(5-7-17)8-21-24(33)30-14-19(10-22(30)23(32)29-21)27-11-16-12-28-31(13-16)20-3-1-2-18(26)9-20/h1-7,9,12-13,19,21-22,27H,8,10-11,14H2,(H,29,32)/t19-,21-,22-/m0/s1. The number of carbonyl (C=O) groups is 2. The molecule has 2 saturated heterocycles. The first-order valence-electron chi connectivity index (χ1n) is 10.8. The number of hydrogen-bond acceptors (Lipinski definition) is 4. The average molecular weight is 484 g/mol. The monoisotopic (exact) mass is 483 g/mol. The number of nitrogens with one attached hydrogen (secondary N) is 2. The van der Waals surface area contributed by atoms with Gasteiger partial charge in [0.05, 0.1) is 11.9 Å². The summed E-state index contributed by atoms with van der Waals surface area (Å²) in [5, 5.41) is 12.1. The molecule has 33 heavy (non-hydrogen) atoms. The number of rotatable bonds is 6. The van der Waals surface area contributed by atoms with Crippen molar-refractivity contribution < 1.29 is 9.59 Å². The van der Waals surface area contributed by atoms with Gasteiger partial charge in [-0.05, 0) is 42.3 Å². The highest BCUT2D eigenvalue weighted by Crippen LogP contribution is 2.24. The summed E-state index contributed by atoms with van der Waals surface area (Å²) in [5.74, 6) is -0.126. The van der Waals surface area contributed by atoms with Crippen molar-refractivity contribution in [3.63, 3.8) is 0 Å². The van der Waals surface area contributed by atoms with Gasteiger partial charge in [-0.1, -0.05) is 41.4 Å². The molecule has 2 N–H and O–H groups in total. The Morgan fingerprint density at radius 3 is 2.67 bits per heavy atom. The summed E-state index contributed by atoms with van der Waals surface area (Å²) in [7, 11) is 0. The van der Waals surface area contributed by atoms with Crippen LogP contribution in [0.4, 0.5) is 0 Å². The average Bonchev–Trinajstić information content (AvgIpc) is 3.45. The topological polar surface area (TPSA) is 79.3 Å². The van der Waals surface area contributed by atoms with Crippen LogP contribution >= 0.6 is 23.2 Å². The zero-order chi connectivity index (χ0) is 22.9. The van der Waals surface area contributed by atoms with Gasteiger partial charge in [0.15, 0.2) is 0 Å². The number of fused-ring (bicyclic) bond motifs is 1. The molecule has 2 amide bonds. The van der Waals surface area contributed by atoms with Gasteiger partial charge in [-0.25, -0.2) is 4.68 Å². The number of piperazine rings is 1. The van der Waals surface area contributed by atoms with Crippen molar-refractivity contribution in [3.8, 4) is 5.69 Å². The third-order valence-electron chi connectivity index (χ3n) is 6.16. The summed E-state index contributed by atoms with van der Waals surface area (Å²) in [4.78, 5) is 27.5. The minimum absolute atomic E-state index is 0.0346. The number of halogens is 2. The van der Waals surface area contributed by atoms with Gasteiger partial charge in [0.25, 0.3) is 0 Å². The second-order valence-electron chi connectivity index (χ2n) is 8.48. The summed E-state index contributed by atoms with van der Waals surface area (Å²) in [6.07, 6.45) is 4.79. The van der Waals surface area contributed by atoms with Crippen LogP contribution in [0.25, 0.3) is 5.69 Å². The molecule has 7 nitrogen and oxygen atoms in total. The molecule has 0 saturated carbocycles. The van der Waals surface area contributed by atoms with Gasteiger partial charge in [-0.15, -0.1) is 0 Å². The SMILES string of the molecule is O=C1N[C@@H](Cc2ccc(Cl)cc2)C(=O)N2C[C@@H](NCc3cnn(-c4cccc(Cl)c4)c3)C[C@@H]12. The minimum atomic E-state index is -0.551. The fourth-order valence-corrected chi connectivity index (χ4v) is 4.78. The molecule has 1 aromatic heterocycles. The van der Waals surface area contributed by atoms with Crippen LogP contribution in [0, 0.1) is 0 Å². The molecule has 2 aliphatic rings. The van der Waals surface area contributed by atoms with Gasteiger partial charge >= 0.3 is 0 Å². The van der Waals surface area contributed by atoms with E-state index in [0.717, 1.165) is 16.8 Å². The largest absolute Gasteiger partial charge is 0.342 e. The van der Waals surface area contributed by atoms with Crippen LogP contribution in [0.3, 0.4) is 0 Å². The Kier molecular flexibility index (Phi) is 6.10. The predicted molar refractivity (Wildman–Crippen MR) is 126 cm³/mol. The Hall–Kier alpha value is -2.87. The summed E-state index contributed by atoms with van der Waals surface area (Å²) in [5.41, 5.74) is 2.86. The fraction of sp³-hybridized carbons (Fsp3) is 0.292. The van der Waals surface area contributed by atoms with E-state index in [9.17, 15) is 9.59 Å². The second kappa shape index (κ2) is 9.17. The molecule has 3 aromatic rings. The zero-order valence-electron chi connectivity index (χ0n) is 17.7. The third kappa shape index (κ3) is 4.76. The molecule has 0 bridgehead atoms. The Bertz CT molecular complexity index is 1180. The van der Waals surface area contributed by atoms with Gasteiger partial charge in [0.1, 0.15) is 12.1 Å². The summed E-state index contributed by atoms with van der Waals surface area (Å²) < 4.78 is 1.78. The molecule has 0 aliphatic carbocycles. The van der Waals surface area contributed by atoms with E-state index >= 15 is 0 Å². The van der Waals surface area contributed by atoms with Crippen molar-refractivity contribution >= 4 is 35.0 Å². The van der Waals surface area contributed by atoms with Crippen LogP contribution in [0.1, 0.15) is 17.5 Å². The Balaban J connectivity index is 1.20. The van der Waals surface area contributed by atoms with Crippen LogP contribution < -0.4 is 10.6 Å². The lowest BCUT2D eigenvalue weighted by atomic mass is 10.0. The molecule has 3 atom stereocenters. The van der Waals surface area contributed by atoms with Gasteiger partial charge in [-0.2, -0.15) is 5.10 Å². The molecule has 9 heteroatoms. The minimum Gasteiger partial charge on any atom is -0.342 e. The molecule has 0 radical (unpaired) electrons. The first kappa shape index (κ1) is 21.9. The maximum atomic E-state index is 13.1. The smallest absolute Gasteiger partial charge is 0.246 e. The molecular weight excluding hydrogens is 461 g/mol. The van der Waals surface area contributed by atoms with Crippen LogP contribution in [-0.2, 0) is 22.6 Å². The van der Waals surface area contributed by atoms with Gasteiger partial charge < -0.3 is 15.5 Å². The van der Waals surface area contributed by atoms with E-state index in [1.165, 1.54) is 0 Å². The lowest BCUT2D eigenvalue weighted by Gasteiger charge is -2.34. The highest BCUT2D eigenvalue weighted by Gasteiger charge is 2.46. The molecule has 0 spiro atoms. The molecule has 3 heterocycles. The maximum Gasteiger partial charge on any atom is 0.246 e. The van der Waals surface area contributed by atoms with Crippen LogP contribution in [-0.4, -0.2) is 51.2 Å². The van der Waals surface area contributed by atoms with Gasteiger partial charge in [0, 0.05) is 47.4 Å². The second-order valence-corrected chi connectivity index (χ2v) is 9.36. The van der Waals surface area contributed by atoms with Crippen molar-refractivity contribution in [3.05, 3.63) is 82.1 Å². The molecule has 2 aromatic carbocycles. The van der Waals surface area contributed by atoms with Crippen molar-refractivity contribution in [2.75, 3.05) is 6.54 Å². The molecule has 5 rings (SSSR count). The third-order valence-corrected chi connectivity index (χ3v) is 6.65. The van der Waals surface area contributed by atoms with Crippen molar-refractivity contribution in [2.45, 2.75) is 37.5 Å². The van der Waals surface area contributed by atoms with E-state index in [1.807, 2.05) is 42.6 Å². The fourth-order valence-electron chi connectivity index (χ4n) is 4.47. The normalized spacial score (nSPS) is 22.4. The summed E-state index contributed by atoms with van der Waals surface area (Å²) in [6.45, 7) is 1.10. The Morgan fingerprint density at radius 2 is 1.88 bits per heavy atom. The molecule has 2 fully saturated rings. The van der Waals surface area contributed by atoms with E-state index in [1.54, 1.807) is 27.9 Å². The molecular formula is C24H23Cl2N5O2. The maximum absolute atomic E-state index is 13.1. The molecule has 2 aliphatic heterocycles. The van der Waals surface area contributed by atoms with Gasteiger partial charge in [-0.3, -0.25) is 9.59 Å². The number of amides is 2. The van der Waals surface area contributed by atoms with Crippen LogP contribution in [0.2, 0.25) is 10.0 Å². The zero-order valence-corrected chi connectivity index (χ0v) is 19.3. The van der Waals surface area contributed by atoms with Crippen LogP contribution in [0.15, 0.2) is 60.9 Å². The van der Waals surface area contributed by atoms with E-state index in [-0.39, 0.29) is 17.9 Å². The number of carbonyl (C=O) groups excluding carboxylic acids is 2. The Labute approximate surface area is 201 Å². The van der Waals surface area contributed by atoms with Crippen molar-refractivity contribution in [1.29, 1.82) is 0 Å². The van der Waals surface area contributed by atoms with Crippen molar-refractivity contribution in [1.82, 2.24) is 25.3 Å². The first-order valence-corrected chi connectivity index (χ1v) is 11.6. The highest BCUT2D eigenvalue weighted by molar-refractivity contribution is 6.30. The van der Waals surface area contributed by atoms with E-state index < -0.39 is 12.1 Å².